The molecule has 1 unspecified atom stereocenters. The van der Waals surface area contributed by atoms with Crippen LogP contribution in [0, 0.1) is 5.82 Å². The Labute approximate surface area is 109 Å². The average Bonchev–Trinajstić information content (AvgIpc) is 2.30. The predicted octanol–water partition coefficient (Wildman–Crippen LogP) is 1.46. The van der Waals surface area contributed by atoms with Crippen molar-refractivity contribution in [3.63, 3.8) is 0 Å². The molecule has 1 rings (SSSR count). The van der Waals surface area contributed by atoms with Crippen LogP contribution in [0.5, 0.6) is 0 Å². The highest BCUT2D eigenvalue weighted by Gasteiger charge is 2.18. The van der Waals surface area contributed by atoms with Crippen LogP contribution in [0.4, 0.5) is 10.2 Å². The van der Waals surface area contributed by atoms with Crippen LogP contribution in [-0.4, -0.2) is 43.1 Å². The van der Waals surface area contributed by atoms with Gasteiger partial charge in [0.2, 0.25) is 0 Å². The zero-order chi connectivity index (χ0) is 13.7. The molecule has 0 spiro atoms. The molecule has 1 aromatic rings. The van der Waals surface area contributed by atoms with Crippen LogP contribution >= 0.6 is 0 Å². The summed E-state index contributed by atoms with van der Waals surface area (Å²) in [6.07, 6.45) is 1.25. The van der Waals surface area contributed by atoms with Gasteiger partial charge in [0, 0.05) is 31.2 Å². The third kappa shape index (κ3) is 3.65. The number of halogens is 1. The summed E-state index contributed by atoms with van der Waals surface area (Å²) >= 11 is 0. The van der Waals surface area contributed by atoms with E-state index < -0.39 is 0 Å². The number of hydrogen-bond acceptors (Lipinski definition) is 4. The lowest BCUT2D eigenvalue weighted by molar-refractivity contribution is 0.372. The summed E-state index contributed by atoms with van der Waals surface area (Å²) in [6, 6.07) is 1.76. The first-order chi connectivity index (χ1) is 8.49. The fourth-order valence-electron chi connectivity index (χ4n) is 2.18. The molecule has 4 nitrogen and oxygen atoms in total. The van der Waals surface area contributed by atoms with Gasteiger partial charge in [-0.2, -0.15) is 0 Å². The molecule has 0 aliphatic carbocycles. The van der Waals surface area contributed by atoms with Gasteiger partial charge in [-0.3, -0.25) is 0 Å². The molecular formula is C13H23FN4. The monoisotopic (exact) mass is 254 g/mol. The Bertz CT molecular complexity index is 381. The van der Waals surface area contributed by atoms with E-state index in [0.29, 0.717) is 12.6 Å². The Morgan fingerprint density at radius 1 is 1.44 bits per heavy atom. The second-order valence-corrected chi connectivity index (χ2v) is 4.74. The predicted molar refractivity (Wildman–Crippen MR) is 73.1 cm³/mol. The number of nitrogens with zero attached hydrogens (tertiary/aromatic N) is 3. The summed E-state index contributed by atoms with van der Waals surface area (Å²) in [5.74, 6) is 0.450. The molecule has 0 bridgehead atoms. The van der Waals surface area contributed by atoms with Crippen LogP contribution in [-0.2, 0) is 6.54 Å². The number of rotatable bonds is 6. The number of nitrogens with two attached hydrogens (primary N) is 1. The van der Waals surface area contributed by atoms with E-state index in [1.54, 1.807) is 0 Å². The van der Waals surface area contributed by atoms with Crippen molar-refractivity contribution in [2.45, 2.75) is 26.4 Å². The first-order valence-corrected chi connectivity index (χ1v) is 6.25. The molecule has 5 heteroatoms. The molecule has 1 atom stereocenters. The minimum Gasteiger partial charge on any atom is -0.353 e. The van der Waals surface area contributed by atoms with Gasteiger partial charge in [0.15, 0.2) is 0 Å². The number of aromatic nitrogens is 1. The summed E-state index contributed by atoms with van der Waals surface area (Å²) in [5.41, 5.74) is 6.42. The highest BCUT2D eigenvalue weighted by atomic mass is 19.1. The summed E-state index contributed by atoms with van der Waals surface area (Å²) in [7, 11) is 4.07. The topological polar surface area (TPSA) is 45.4 Å². The van der Waals surface area contributed by atoms with E-state index in [0.717, 1.165) is 24.5 Å². The van der Waals surface area contributed by atoms with Crippen LogP contribution in [0.15, 0.2) is 12.3 Å². The van der Waals surface area contributed by atoms with E-state index in [9.17, 15) is 4.39 Å². The normalized spacial score (nSPS) is 12.8. The van der Waals surface area contributed by atoms with Crippen LogP contribution in [0.3, 0.4) is 0 Å². The number of pyridine rings is 1. The summed E-state index contributed by atoms with van der Waals surface area (Å²) in [4.78, 5) is 8.48. The van der Waals surface area contributed by atoms with Crippen LogP contribution in [0.25, 0.3) is 0 Å². The Balaban J connectivity index is 3.00. The van der Waals surface area contributed by atoms with Crippen LogP contribution in [0.1, 0.15) is 19.4 Å². The molecule has 0 aromatic carbocycles. The standard InChI is InChI=1S/C13H23FN4/c1-5-18(10(2)9-17(3)4)13-11(7-15)6-12(14)8-16-13/h6,8,10H,5,7,9,15H2,1-4H3. The molecule has 0 radical (unpaired) electrons. The van der Waals surface area contributed by atoms with Gasteiger partial charge >= 0.3 is 0 Å². The van der Waals surface area contributed by atoms with Gasteiger partial charge in [-0.15, -0.1) is 0 Å². The molecule has 0 aliphatic heterocycles. The summed E-state index contributed by atoms with van der Waals surface area (Å²) in [5, 5.41) is 0. The zero-order valence-corrected chi connectivity index (χ0v) is 11.7. The highest BCUT2D eigenvalue weighted by Crippen LogP contribution is 2.20. The molecule has 1 heterocycles. The van der Waals surface area contributed by atoms with E-state index in [1.165, 1.54) is 12.3 Å². The lowest BCUT2D eigenvalue weighted by Crippen LogP contribution is -2.41. The Kier molecular flexibility index (Phi) is 5.50. The molecule has 1 aromatic heterocycles. The summed E-state index contributed by atoms with van der Waals surface area (Å²) < 4.78 is 13.2. The van der Waals surface area contributed by atoms with Gasteiger partial charge in [0.05, 0.1) is 6.20 Å². The maximum Gasteiger partial charge on any atom is 0.141 e. The van der Waals surface area contributed by atoms with E-state index in [2.05, 4.69) is 28.6 Å². The highest BCUT2D eigenvalue weighted by molar-refractivity contribution is 5.47. The van der Waals surface area contributed by atoms with Gasteiger partial charge in [-0.1, -0.05) is 0 Å². The molecule has 0 aliphatic rings. The summed E-state index contributed by atoms with van der Waals surface area (Å²) in [6.45, 7) is 6.23. The Morgan fingerprint density at radius 2 is 2.11 bits per heavy atom. The van der Waals surface area contributed by atoms with E-state index in [1.807, 2.05) is 14.1 Å². The van der Waals surface area contributed by atoms with Crippen molar-refractivity contribution in [2.24, 2.45) is 5.73 Å². The zero-order valence-electron chi connectivity index (χ0n) is 11.7. The molecule has 0 saturated carbocycles. The largest absolute Gasteiger partial charge is 0.353 e. The van der Waals surface area contributed by atoms with Gasteiger partial charge in [0.25, 0.3) is 0 Å². The smallest absolute Gasteiger partial charge is 0.141 e. The fourth-order valence-corrected chi connectivity index (χ4v) is 2.18. The van der Waals surface area contributed by atoms with Crippen molar-refractivity contribution < 1.29 is 4.39 Å². The maximum absolute atomic E-state index is 13.2. The average molecular weight is 254 g/mol. The lowest BCUT2D eigenvalue weighted by Gasteiger charge is -2.32. The van der Waals surface area contributed by atoms with Crippen molar-refractivity contribution in [1.29, 1.82) is 0 Å². The van der Waals surface area contributed by atoms with Gasteiger partial charge < -0.3 is 15.5 Å². The molecule has 0 fully saturated rings. The molecule has 102 valence electrons. The maximum atomic E-state index is 13.2. The minimum atomic E-state index is -0.337. The van der Waals surface area contributed by atoms with E-state index in [-0.39, 0.29) is 5.82 Å². The van der Waals surface area contributed by atoms with Crippen molar-refractivity contribution in [1.82, 2.24) is 9.88 Å². The lowest BCUT2D eigenvalue weighted by atomic mass is 10.2. The SMILES string of the molecule is CCN(c1ncc(F)cc1CN)C(C)CN(C)C. The molecule has 0 amide bonds. The first-order valence-electron chi connectivity index (χ1n) is 6.25. The molecular weight excluding hydrogens is 231 g/mol. The Hall–Kier alpha value is -1.20. The molecule has 0 saturated heterocycles. The third-order valence-electron chi connectivity index (χ3n) is 2.90. The van der Waals surface area contributed by atoms with Gasteiger partial charge in [-0.25, -0.2) is 9.37 Å². The van der Waals surface area contributed by atoms with Crippen molar-refractivity contribution in [2.75, 3.05) is 32.1 Å². The molecule has 18 heavy (non-hydrogen) atoms. The quantitative estimate of drug-likeness (QED) is 0.834. The van der Waals surface area contributed by atoms with Crippen LogP contribution < -0.4 is 10.6 Å². The van der Waals surface area contributed by atoms with Crippen molar-refractivity contribution in [3.05, 3.63) is 23.6 Å². The minimum absolute atomic E-state index is 0.297. The first kappa shape index (κ1) is 14.9. The number of likely N-dealkylation sites (N-methyl/N-ethyl adjacent to an activating group) is 2. The van der Waals surface area contributed by atoms with Gasteiger partial charge in [-0.05, 0) is 34.0 Å². The second-order valence-electron chi connectivity index (χ2n) is 4.74. The van der Waals surface area contributed by atoms with Gasteiger partial charge in [0.1, 0.15) is 11.6 Å². The number of anilines is 1. The second kappa shape index (κ2) is 6.66. The van der Waals surface area contributed by atoms with Crippen LogP contribution in [0.2, 0.25) is 0 Å². The fraction of sp³-hybridized carbons (Fsp3) is 0.615. The number of hydrogen-bond donors (Lipinski definition) is 1. The van der Waals surface area contributed by atoms with Crippen molar-refractivity contribution in [3.8, 4) is 0 Å². The third-order valence-corrected chi connectivity index (χ3v) is 2.90. The van der Waals surface area contributed by atoms with E-state index in [4.69, 9.17) is 5.73 Å². The Morgan fingerprint density at radius 3 is 2.61 bits per heavy atom. The van der Waals surface area contributed by atoms with E-state index >= 15 is 0 Å². The van der Waals surface area contributed by atoms with Crippen molar-refractivity contribution >= 4 is 5.82 Å². The molecule has 2 N–H and O–H groups in total.